The van der Waals surface area contributed by atoms with Crippen molar-refractivity contribution in [2.24, 2.45) is 5.10 Å². The van der Waals surface area contributed by atoms with Crippen molar-refractivity contribution in [3.8, 4) is 11.3 Å². The van der Waals surface area contributed by atoms with Gasteiger partial charge in [-0.25, -0.2) is 9.82 Å². The van der Waals surface area contributed by atoms with E-state index in [0.717, 1.165) is 16.1 Å². The Morgan fingerprint density at radius 1 is 1.14 bits per heavy atom. The van der Waals surface area contributed by atoms with Gasteiger partial charge >= 0.3 is 0 Å². The van der Waals surface area contributed by atoms with Crippen LogP contribution in [0, 0.1) is 6.92 Å². The van der Waals surface area contributed by atoms with Crippen molar-refractivity contribution in [1.29, 1.82) is 0 Å². The van der Waals surface area contributed by atoms with E-state index in [9.17, 15) is 8.42 Å². The second kappa shape index (κ2) is 7.38. The van der Waals surface area contributed by atoms with Gasteiger partial charge in [-0.2, -0.15) is 13.5 Å². The molecule has 6 nitrogen and oxygen atoms in total. The average Bonchev–Trinajstić information content (AvgIpc) is 3.25. The highest BCUT2D eigenvalue weighted by atomic mass is 35.5. The summed E-state index contributed by atoms with van der Waals surface area (Å²) in [6.07, 6.45) is 3.32. The maximum atomic E-state index is 12.4. The quantitative estimate of drug-likeness (QED) is 0.378. The van der Waals surface area contributed by atoms with Crippen LogP contribution >= 0.6 is 22.9 Å². The summed E-state index contributed by atoms with van der Waals surface area (Å²) in [4.78, 5) is 7.83. The number of hydrogen-bond donors (Lipinski definition) is 1. The van der Waals surface area contributed by atoms with Gasteiger partial charge in [0.05, 0.1) is 22.5 Å². The predicted octanol–water partition coefficient (Wildman–Crippen LogP) is 4.34. The smallest absolute Gasteiger partial charge is 0.276 e. The van der Waals surface area contributed by atoms with Crippen LogP contribution < -0.4 is 4.83 Å². The molecule has 2 aromatic carbocycles. The van der Waals surface area contributed by atoms with Crippen LogP contribution in [0.15, 0.2) is 70.1 Å². The summed E-state index contributed by atoms with van der Waals surface area (Å²) >= 11 is 7.45. The van der Waals surface area contributed by atoms with E-state index in [1.807, 2.05) is 35.0 Å². The van der Waals surface area contributed by atoms with Gasteiger partial charge in [0.25, 0.3) is 10.0 Å². The van der Waals surface area contributed by atoms with Crippen molar-refractivity contribution in [2.75, 3.05) is 0 Å². The van der Waals surface area contributed by atoms with Gasteiger partial charge in [0.2, 0.25) is 0 Å². The Morgan fingerprint density at radius 2 is 1.86 bits per heavy atom. The summed E-state index contributed by atoms with van der Waals surface area (Å²) in [6, 6.07) is 13.9. The van der Waals surface area contributed by atoms with E-state index in [4.69, 9.17) is 11.6 Å². The number of fused-ring (bicyclic) bond motifs is 1. The summed E-state index contributed by atoms with van der Waals surface area (Å²) in [7, 11) is -3.75. The first-order valence-electron chi connectivity index (χ1n) is 8.27. The molecule has 142 valence electrons. The van der Waals surface area contributed by atoms with Gasteiger partial charge in [0, 0.05) is 22.2 Å². The molecule has 0 fully saturated rings. The Labute approximate surface area is 171 Å². The minimum Gasteiger partial charge on any atom is -0.289 e. The molecule has 0 aliphatic carbocycles. The first-order valence-corrected chi connectivity index (χ1v) is 11.0. The fourth-order valence-corrected chi connectivity index (χ4v) is 4.31. The fraction of sp³-hybridized carbons (Fsp3) is 0.0526. The number of halogens is 1. The molecule has 4 rings (SSSR count). The van der Waals surface area contributed by atoms with E-state index in [-0.39, 0.29) is 4.90 Å². The van der Waals surface area contributed by atoms with Crippen molar-refractivity contribution in [3.63, 3.8) is 0 Å². The summed E-state index contributed by atoms with van der Waals surface area (Å²) in [5, 5.41) is 6.51. The predicted molar refractivity (Wildman–Crippen MR) is 113 cm³/mol. The molecule has 0 radical (unpaired) electrons. The second-order valence-electron chi connectivity index (χ2n) is 6.07. The van der Waals surface area contributed by atoms with Gasteiger partial charge in [-0.1, -0.05) is 41.4 Å². The average molecular weight is 431 g/mol. The number of nitrogens with zero attached hydrogens (tertiary/aromatic N) is 3. The lowest BCUT2D eigenvalue weighted by Crippen LogP contribution is -2.18. The summed E-state index contributed by atoms with van der Waals surface area (Å²) in [5.74, 6) is 0. The third-order valence-corrected chi connectivity index (χ3v) is 6.35. The van der Waals surface area contributed by atoms with E-state index in [2.05, 4.69) is 14.9 Å². The second-order valence-corrected chi connectivity index (χ2v) is 9.04. The van der Waals surface area contributed by atoms with Crippen molar-refractivity contribution in [3.05, 3.63) is 76.4 Å². The van der Waals surface area contributed by atoms with Crippen LogP contribution in [0.1, 0.15) is 11.3 Å². The number of aryl methyl sites for hydroxylation is 1. The fourth-order valence-electron chi connectivity index (χ4n) is 2.67. The normalized spacial score (nSPS) is 12.1. The molecule has 0 bridgehead atoms. The molecule has 0 spiro atoms. The van der Waals surface area contributed by atoms with Crippen molar-refractivity contribution in [2.45, 2.75) is 11.8 Å². The van der Waals surface area contributed by atoms with E-state index in [0.29, 0.717) is 16.4 Å². The zero-order chi connectivity index (χ0) is 19.7. The van der Waals surface area contributed by atoms with E-state index in [1.54, 1.807) is 36.4 Å². The lowest BCUT2D eigenvalue weighted by Gasteiger charge is -2.04. The monoisotopic (exact) mass is 430 g/mol. The zero-order valence-corrected chi connectivity index (χ0v) is 17.1. The molecule has 0 saturated heterocycles. The highest BCUT2D eigenvalue weighted by Gasteiger charge is 2.15. The largest absolute Gasteiger partial charge is 0.289 e. The number of hydrogen-bond acceptors (Lipinski definition) is 5. The molecular weight excluding hydrogens is 416 g/mol. The molecule has 9 heteroatoms. The Bertz CT molecular complexity index is 1260. The van der Waals surface area contributed by atoms with E-state index in [1.165, 1.54) is 17.6 Å². The number of imidazole rings is 1. The van der Waals surface area contributed by atoms with Crippen molar-refractivity contribution < 1.29 is 8.42 Å². The van der Waals surface area contributed by atoms with Crippen LogP contribution in [0.4, 0.5) is 0 Å². The van der Waals surface area contributed by atoms with Crippen LogP contribution in [0.3, 0.4) is 0 Å². The molecule has 2 aromatic heterocycles. The molecule has 28 heavy (non-hydrogen) atoms. The zero-order valence-electron chi connectivity index (χ0n) is 14.7. The lowest BCUT2D eigenvalue weighted by molar-refractivity contribution is 0.584. The summed E-state index contributed by atoms with van der Waals surface area (Å²) in [5.41, 5.74) is 3.21. The SMILES string of the molecule is Cc1ccc(S(=O)(=O)NN=Cc2c(-c3ccc(Cl)cc3)nc3sccn23)cc1. The van der Waals surface area contributed by atoms with Crippen molar-refractivity contribution >= 4 is 44.1 Å². The Kier molecular flexibility index (Phi) is 4.92. The van der Waals surface area contributed by atoms with Crippen molar-refractivity contribution in [1.82, 2.24) is 14.2 Å². The van der Waals surface area contributed by atoms with E-state index >= 15 is 0 Å². The van der Waals surface area contributed by atoms with Crippen LogP contribution in [0.2, 0.25) is 5.02 Å². The number of thiazole rings is 1. The molecule has 0 saturated carbocycles. The third-order valence-electron chi connectivity index (χ3n) is 4.11. The van der Waals surface area contributed by atoms with Gasteiger partial charge in [-0.15, -0.1) is 11.3 Å². The minimum absolute atomic E-state index is 0.155. The number of rotatable bonds is 5. The number of benzene rings is 2. The molecule has 0 unspecified atom stereocenters. The number of hydrazone groups is 1. The van der Waals surface area contributed by atoms with Gasteiger partial charge in [-0.05, 0) is 31.2 Å². The molecular formula is C19H15ClN4O2S2. The van der Waals surface area contributed by atoms with Gasteiger partial charge < -0.3 is 0 Å². The molecule has 0 aliphatic heterocycles. The molecule has 0 amide bonds. The minimum atomic E-state index is -3.75. The van der Waals surface area contributed by atoms with Gasteiger partial charge in [0.1, 0.15) is 0 Å². The maximum absolute atomic E-state index is 12.4. The third kappa shape index (κ3) is 3.66. The first kappa shape index (κ1) is 18.7. The Balaban J connectivity index is 1.67. The Hall–Kier alpha value is -2.68. The summed E-state index contributed by atoms with van der Waals surface area (Å²) < 4.78 is 26.7. The molecule has 2 heterocycles. The lowest BCUT2D eigenvalue weighted by atomic mass is 10.1. The highest BCUT2D eigenvalue weighted by molar-refractivity contribution is 7.89. The van der Waals surface area contributed by atoms with Crippen LogP contribution in [-0.2, 0) is 10.0 Å². The van der Waals surface area contributed by atoms with Gasteiger partial charge in [-0.3, -0.25) is 4.40 Å². The molecule has 0 aliphatic rings. The van der Waals surface area contributed by atoms with Crippen LogP contribution in [0.5, 0.6) is 0 Å². The number of nitrogens with one attached hydrogen (secondary N) is 1. The molecule has 4 aromatic rings. The highest BCUT2D eigenvalue weighted by Crippen LogP contribution is 2.26. The van der Waals surface area contributed by atoms with Crippen LogP contribution in [-0.4, -0.2) is 24.0 Å². The van der Waals surface area contributed by atoms with Gasteiger partial charge in [0.15, 0.2) is 4.96 Å². The Morgan fingerprint density at radius 3 is 2.57 bits per heavy atom. The number of aromatic nitrogens is 2. The van der Waals surface area contributed by atoms with Crippen LogP contribution in [0.25, 0.3) is 16.2 Å². The first-order chi connectivity index (χ1) is 13.4. The topological polar surface area (TPSA) is 75.8 Å². The van der Waals surface area contributed by atoms with E-state index < -0.39 is 10.0 Å². The summed E-state index contributed by atoms with van der Waals surface area (Å²) in [6.45, 7) is 1.89. The standard InChI is InChI=1S/C19H15ClN4O2S2/c1-13-2-8-16(9-3-13)28(25,26)23-21-12-17-18(14-4-6-15(20)7-5-14)22-19-24(17)10-11-27-19/h2-12,23H,1H3. The molecule has 1 N–H and O–H groups in total. The molecule has 0 atom stereocenters. The number of sulfonamides is 1. The maximum Gasteiger partial charge on any atom is 0.276 e.